The summed E-state index contributed by atoms with van der Waals surface area (Å²) in [5.41, 5.74) is 2.14. The smallest absolute Gasteiger partial charge is 0.270 e. The molecule has 2 amide bonds. The van der Waals surface area contributed by atoms with Crippen LogP contribution in [0.1, 0.15) is 28.7 Å². The summed E-state index contributed by atoms with van der Waals surface area (Å²) in [5, 5.41) is 2.89. The molecule has 0 saturated carbocycles. The van der Waals surface area contributed by atoms with Crippen LogP contribution in [0.25, 0.3) is 0 Å². The molecule has 1 saturated heterocycles. The number of carbonyl (C=O) groups is 2. The highest BCUT2D eigenvalue weighted by molar-refractivity contribution is 5.92. The van der Waals surface area contributed by atoms with Crippen LogP contribution in [0.4, 0.5) is 5.95 Å². The van der Waals surface area contributed by atoms with Crippen molar-refractivity contribution < 1.29 is 9.59 Å². The van der Waals surface area contributed by atoms with Crippen molar-refractivity contribution in [2.75, 3.05) is 31.1 Å². The summed E-state index contributed by atoms with van der Waals surface area (Å²) in [7, 11) is 0. The summed E-state index contributed by atoms with van der Waals surface area (Å²) >= 11 is 0. The number of piperazine rings is 1. The van der Waals surface area contributed by atoms with Gasteiger partial charge in [0.05, 0.1) is 0 Å². The van der Waals surface area contributed by atoms with Gasteiger partial charge in [-0.25, -0.2) is 9.97 Å². The topological polar surface area (TPSA) is 78.4 Å². The summed E-state index contributed by atoms with van der Waals surface area (Å²) in [5.74, 6) is 0.400. The van der Waals surface area contributed by atoms with Gasteiger partial charge in [0.2, 0.25) is 11.9 Å². The molecule has 2 aromatic rings. The molecule has 0 spiro atoms. The molecule has 1 aromatic carbocycles. The van der Waals surface area contributed by atoms with E-state index in [9.17, 15) is 9.59 Å². The number of carbonyl (C=O) groups excluding carboxylic acids is 2. The van der Waals surface area contributed by atoms with Crippen LogP contribution in [0.15, 0.2) is 36.4 Å². The van der Waals surface area contributed by atoms with Crippen LogP contribution in [-0.2, 0) is 11.3 Å². The lowest BCUT2D eigenvalue weighted by molar-refractivity contribution is -0.129. The van der Waals surface area contributed by atoms with Crippen molar-refractivity contribution in [2.24, 2.45) is 0 Å². The molecule has 136 valence electrons. The predicted molar refractivity (Wildman–Crippen MR) is 98.8 cm³/mol. The zero-order chi connectivity index (χ0) is 18.5. The normalized spacial score (nSPS) is 14.2. The molecule has 7 heteroatoms. The molecule has 0 bridgehead atoms. The first-order chi connectivity index (χ1) is 12.5. The van der Waals surface area contributed by atoms with Crippen molar-refractivity contribution in [3.8, 4) is 0 Å². The molecule has 0 aliphatic carbocycles. The largest absolute Gasteiger partial charge is 0.347 e. The Labute approximate surface area is 153 Å². The third-order valence-electron chi connectivity index (χ3n) is 4.38. The SMILES string of the molecule is CC(=O)N1CCN(c2nc(C)cc(C(=O)NCc3ccccc3)n2)CC1. The number of rotatable bonds is 4. The van der Waals surface area contributed by atoms with Gasteiger partial charge in [0.25, 0.3) is 5.91 Å². The van der Waals surface area contributed by atoms with Gasteiger partial charge in [0.15, 0.2) is 0 Å². The molecule has 1 aliphatic heterocycles. The van der Waals surface area contributed by atoms with Crippen molar-refractivity contribution in [1.29, 1.82) is 0 Å². The van der Waals surface area contributed by atoms with Crippen LogP contribution < -0.4 is 10.2 Å². The van der Waals surface area contributed by atoms with Gasteiger partial charge < -0.3 is 15.1 Å². The van der Waals surface area contributed by atoms with Gasteiger partial charge in [-0.3, -0.25) is 9.59 Å². The third kappa shape index (κ3) is 4.36. The van der Waals surface area contributed by atoms with Crippen LogP contribution in [-0.4, -0.2) is 52.9 Å². The Hall–Kier alpha value is -2.96. The summed E-state index contributed by atoms with van der Waals surface area (Å²) in [6.07, 6.45) is 0. The Bertz CT molecular complexity index is 786. The van der Waals surface area contributed by atoms with E-state index in [2.05, 4.69) is 15.3 Å². The van der Waals surface area contributed by atoms with Crippen molar-refractivity contribution in [2.45, 2.75) is 20.4 Å². The predicted octanol–water partition coefficient (Wildman–Crippen LogP) is 1.38. The van der Waals surface area contributed by atoms with Crippen LogP contribution in [0, 0.1) is 6.92 Å². The maximum absolute atomic E-state index is 12.5. The van der Waals surface area contributed by atoms with Crippen molar-refractivity contribution >= 4 is 17.8 Å². The highest BCUT2D eigenvalue weighted by Gasteiger charge is 2.21. The van der Waals surface area contributed by atoms with Gasteiger partial charge in [-0.2, -0.15) is 0 Å². The molecule has 1 aliphatic rings. The quantitative estimate of drug-likeness (QED) is 0.898. The number of aryl methyl sites for hydroxylation is 1. The van der Waals surface area contributed by atoms with Crippen molar-refractivity contribution in [1.82, 2.24) is 20.2 Å². The number of nitrogens with one attached hydrogen (secondary N) is 1. The maximum atomic E-state index is 12.5. The lowest BCUT2D eigenvalue weighted by Gasteiger charge is -2.34. The van der Waals surface area contributed by atoms with E-state index >= 15 is 0 Å². The number of hydrogen-bond acceptors (Lipinski definition) is 5. The fraction of sp³-hybridized carbons (Fsp3) is 0.368. The highest BCUT2D eigenvalue weighted by Crippen LogP contribution is 2.13. The second kappa shape index (κ2) is 7.95. The molecule has 0 atom stereocenters. The summed E-state index contributed by atoms with van der Waals surface area (Å²) < 4.78 is 0. The molecule has 7 nitrogen and oxygen atoms in total. The first kappa shape index (κ1) is 17.8. The lowest BCUT2D eigenvalue weighted by Crippen LogP contribution is -2.48. The van der Waals surface area contributed by atoms with E-state index in [-0.39, 0.29) is 11.8 Å². The van der Waals surface area contributed by atoms with E-state index in [0.29, 0.717) is 44.4 Å². The molecule has 2 heterocycles. The maximum Gasteiger partial charge on any atom is 0.270 e. The van der Waals surface area contributed by atoms with Crippen molar-refractivity contribution in [3.05, 3.63) is 53.3 Å². The number of amides is 2. The van der Waals surface area contributed by atoms with Crippen LogP contribution >= 0.6 is 0 Å². The van der Waals surface area contributed by atoms with Crippen LogP contribution in [0.5, 0.6) is 0 Å². The lowest BCUT2D eigenvalue weighted by atomic mass is 10.2. The van der Waals surface area contributed by atoms with Gasteiger partial charge in [-0.1, -0.05) is 30.3 Å². The molecule has 0 radical (unpaired) electrons. The Morgan fingerprint density at radius 1 is 1.08 bits per heavy atom. The van der Waals surface area contributed by atoms with E-state index in [1.807, 2.05) is 42.2 Å². The Kier molecular flexibility index (Phi) is 5.46. The van der Waals surface area contributed by atoms with Crippen molar-refractivity contribution in [3.63, 3.8) is 0 Å². The van der Waals surface area contributed by atoms with Gasteiger partial charge >= 0.3 is 0 Å². The van der Waals surface area contributed by atoms with Gasteiger partial charge in [0, 0.05) is 45.3 Å². The molecule has 0 unspecified atom stereocenters. The fourth-order valence-corrected chi connectivity index (χ4v) is 2.90. The number of anilines is 1. The van der Waals surface area contributed by atoms with Gasteiger partial charge in [0.1, 0.15) is 5.69 Å². The highest BCUT2D eigenvalue weighted by atomic mass is 16.2. The Balaban J connectivity index is 1.67. The minimum absolute atomic E-state index is 0.0794. The van der Waals surface area contributed by atoms with Gasteiger partial charge in [-0.05, 0) is 18.6 Å². The number of aromatic nitrogens is 2. The third-order valence-corrected chi connectivity index (χ3v) is 4.38. The minimum atomic E-state index is -0.219. The van der Waals surface area contributed by atoms with E-state index in [4.69, 9.17) is 0 Å². The average Bonchev–Trinajstić information content (AvgIpc) is 2.66. The molecule has 1 N–H and O–H groups in total. The summed E-state index contributed by atoms with van der Waals surface area (Å²) in [6, 6.07) is 11.4. The molecular formula is C19H23N5O2. The minimum Gasteiger partial charge on any atom is -0.347 e. The summed E-state index contributed by atoms with van der Waals surface area (Å²) in [4.78, 5) is 36.6. The number of hydrogen-bond donors (Lipinski definition) is 1. The van der Waals surface area contributed by atoms with E-state index < -0.39 is 0 Å². The number of benzene rings is 1. The molecule has 3 rings (SSSR count). The molecule has 26 heavy (non-hydrogen) atoms. The zero-order valence-electron chi connectivity index (χ0n) is 15.1. The van der Waals surface area contributed by atoms with Crippen LogP contribution in [0.3, 0.4) is 0 Å². The zero-order valence-corrected chi connectivity index (χ0v) is 15.1. The van der Waals surface area contributed by atoms with E-state index in [1.54, 1.807) is 17.9 Å². The summed E-state index contributed by atoms with van der Waals surface area (Å²) in [6.45, 7) is 6.49. The van der Waals surface area contributed by atoms with E-state index in [1.165, 1.54) is 0 Å². The standard InChI is InChI=1S/C19H23N5O2/c1-14-12-17(18(26)20-13-16-6-4-3-5-7-16)22-19(21-14)24-10-8-23(9-11-24)15(2)25/h3-7,12H,8-11,13H2,1-2H3,(H,20,26). The monoisotopic (exact) mass is 353 g/mol. The Morgan fingerprint density at radius 2 is 1.77 bits per heavy atom. The second-order valence-corrected chi connectivity index (χ2v) is 6.36. The van der Waals surface area contributed by atoms with Gasteiger partial charge in [-0.15, -0.1) is 0 Å². The number of nitrogens with zero attached hydrogens (tertiary/aromatic N) is 4. The van der Waals surface area contributed by atoms with Crippen LogP contribution in [0.2, 0.25) is 0 Å². The fourth-order valence-electron chi connectivity index (χ4n) is 2.90. The molecular weight excluding hydrogens is 330 g/mol. The second-order valence-electron chi connectivity index (χ2n) is 6.36. The average molecular weight is 353 g/mol. The molecule has 1 aromatic heterocycles. The van der Waals surface area contributed by atoms with E-state index in [0.717, 1.165) is 11.3 Å². The molecule has 1 fully saturated rings. The first-order valence-corrected chi connectivity index (χ1v) is 8.71. The Morgan fingerprint density at radius 3 is 2.42 bits per heavy atom. The first-order valence-electron chi connectivity index (χ1n) is 8.71.